The Labute approximate surface area is 85.4 Å². The van der Waals surface area contributed by atoms with Crippen molar-refractivity contribution in [2.75, 3.05) is 26.2 Å². The van der Waals surface area contributed by atoms with E-state index in [1.165, 1.54) is 11.0 Å². The fourth-order valence-electron chi connectivity index (χ4n) is 1.42. The second kappa shape index (κ2) is 4.52. The second-order valence-electron chi connectivity index (χ2n) is 3.38. The summed E-state index contributed by atoms with van der Waals surface area (Å²) < 4.78 is 36.2. The van der Waals surface area contributed by atoms with E-state index in [0.717, 1.165) is 0 Å². The van der Waals surface area contributed by atoms with Crippen molar-refractivity contribution >= 4 is 5.84 Å². The summed E-state index contributed by atoms with van der Waals surface area (Å²) >= 11 is 0. The van der Waals surface area contributed by atoms with Gasteiger partial charge >= 0.3 is 6.18 Å². The van der Waals surface area contributed by atoms with Gasteiger partial charge in [0.1, 0.15) is 5.84 Å². The molecule has 4 nitrogen and oxygen atoms in total. The van der Waals surface area contributed by atoms with Crippen molar-refractivity contribution < 1.29 is 13.2 Å². The average Bonchev–Trinajstić information content (AvgIpc) is 1.99. The molecular formula is C8H13F3N4. The Morgan fingerprint density at radius 3 is 2.80 bits per heavy atom. The molecule has 0 amide bonds. The van der Waals surface area contributed by atoms with Crippen LogP contribution in [0.4, 0.5) is 13.2 Å². The van der Waals surface area contributed by atoms with Crippen LogP contribution in [0.15, 0.2) is 11.8 Å². The molecule has 0 aromatic heterocycles. The van der Waals surface area contributed by atoms with Gasteiger partial charge in [-0.3, -0.25) is 10.3 Å². The van der Waals surface area contributed by atoms with Crippen LogP contribution >= 0.6 is 0 Å². The smallest absolute Gasteiger partial charge is 0.386 e. The Hall–Kier alpha value is -1.24. The molecule has 1 saturated heterocycles. The fourth-order valence-corrected chi connectivity index (χ4v) is 1.42. The first-order chi connectivity index (χ1) is 6.87. The highest BCUT2D eigenvalue weighted by molar-refractivity contribution is 5.89. The Morgan fingerprint density at radius 1 is 1.60 bits per heavy atom. The number of nitrogens with two attached hydrogens (primary N) is 1. The quantitative estimate of drug-likeness (QED) is 0.464. The third-order valence-corrected chi connectivity index (χ3v) is 1.91. The van der Waals surface area contributed by atoms with E-state index in [1.54, 1.807) is 0 Å². The summed E-state index contributed by atoms with van der Waals surface area (Å²) in [6.07, 6.45) is -2.85. The van der Waals surface area contributed by atoms with Crippen molar-refractivity contribution in [2.24, 2.45) is 5.73 Å². The summed E-state index contributed by atoms with van der Waals surface area (Å²) in [5, 5.41) is 9.89. The molecule has 0 unspecified atom stereocenters. The number of halogens is 3. The molecule has 1 heterocycles. The SMILES string of the molecule is N=C(N)/C=C1/CN(CC(F)(F)F)CCN1. The van der Waals surface area contributed by atoms with Crippen LogP contribution in [0.5, 0.6) is 0 Å². The summed E-state index contributed by atoms with van der Waals surface area (Å²) in [5.74, 6) is -0.161. The van der Waals surface area contributed by atoms with Gasteiger partial charge in [0.15, 0.2) is 0 Å². The Bertz CT molecular complexity index is 272. The lowest BCUT2D eigenvalue weighted by Crippen LogP contribution is -2.46. The largest absolute Gasteiger partial charge is 0.401 e. The highest BCUT2D eigenvalue weighted by Gasteiger charge is 2.31. The van der Waals surface area contributed by atoms with Crippen molar-refractivity contribution in [2.45, 2.75) is 6.18 Å². The monoisotopic (exact) mass is 222 g/mol. The molecule has 0 aromatic rings. The number of amidine groups is 1. The molecule has 7 heteroatoms. The van der Waals surface area contributed by atoms with Crippen molar-refractivity contribution in [3.63, 3.8) is 0 Å². The average molecular weight is 222 g/mol. The van der Waals surface area contributed by atoms with Gasteiger partial charge in [-0.05, 0) is 6.08 Å². The molecule has 0 radical (unpaired) electrons. The number of nitrogens with one attached hydrogen (secondary N) is 2. The number of alkyl halides is 3. The van der Waals surface area contributed by atoms with Crippen molar-refractivity contribution in [3.8, 4) is 0 Å². The van der Waals surface area contributed by atoms with E-state index in [1.807, 2.05) is 0 Å². The summed E-state index contributed by atoms with van der Waals surface area (Å²) in [6, 6.07) is 0. The van der Waals surface area contributed by atoms with E-state index in [2.05, 4.69) is 5.32 Å². The Kier molecular flexibility index (Phi) is 3.57. The lowest BCUT2D eigenvalue weighted by molar-refractivity contribution is -0.145. The molecule has 1 rings (SSSR count). The molecule has 0 aromatic carbocycles. The van der Waals surface area contributed by atoms with Gasteiger partial charge in [0.25, 0.3) is 0 Å². The first-order valence-corrected chi connectivity index (χ1v) is 4.44. The Morgan fingerprint density at radius 2 is 2.27 bits per heavy atom. The third kappa shape index (κ3) is 4.68. The minimum absolute atomic E-state index is 0.152. The van der Waals surface area contributed by atoms with Gasteiger partial charge in [-0.15, -0.1) is 0 Å². The fraction of sp³-hybridized carbons (Fsp3) is 0.625. The van der Waals surface area contributed by atoms with E-state index in [9.17, 15) is 13.2 Å². The van der Waals surface area contributed by atoms with E-state index >= 15 is 0 Å². The highest BCUT2D eigenvalue weighted by atomic mass is 19.4. The number of nitrogens with zero attached hydrogens (tertiary/aromatic N) is 1. The van der Waals surface area contributed by atoms with E-state index in [0.29, 0.717) is 18.8 Å². The normalized spacial score (nSPS) is 21.4. The van der Waals surface area contributed by atoms with Crippen molar-refractivity contribution in [1.29, 1.82) is 5.41 Å². The van der Waals surface area contributed by atoms with Crippen LogP contribution in [0, 0.1) is 5.41 Å². The van der Waals surface area contributed by atoms with Gasteiger partial charge in [0, 0.05) is 25.3 Å². The van der Waals surface area contributed by atoms with Crippen LogP contribution in [0.3, 0.4) is 0 Å². The third-order valence-electron chi connectivity index (χ3n) is 1.91. The maximum atomic E-state index is 12.1. The minimum atomic E-state index is -4.18. The van der Waals surface area contributed by atoms with E-state index < -0.39 is 12.7 Å². The van der Waals surface area contributed by atoms with Crippen LogP contribution in [0.2, 0.25) is 0 Å². The predicted molar refractivity (Wildman–Crippen MR) is 50.5 cm³/mol. The van der Waals surface area contributed by atoms with Gasteiger partial charge in [-0.2, -0.15) is 13.2 Å². The van der Waals surface area contributed by atoms with E-state index in [-0.39, 0.29) is 12.4 Å². The van der Waals surface area contributed by atoms with Gasteiger partial charge in [-0.1, -0.05) is 0 Å². The molecule has 1 fully saturated rings. The topological polar surface area (TPSA) is 65.1 Å². The zero-order chi connectivity index (χ0) is 11.5. The molecule has 86 valence electrons. The molecular weight excluding hydrogens is 209 g/mol. The molecule has 0 atom stereocenters. The first-order valence-electron chi connectivity index (χ1n) is 4.44. The molecule has 0 spiro atoms. The molecule has 15 heavy (non-hydrogen) atoms. The first kappa shape index (κ1) is 11.8. The van der Waals surface area contributed by atoms with Crippen LogP contribution in [-0.4, -0.2) is 43.1 Å². The molecule has 0 saturated carbocycles. The second-order valence-corrected chi connectivity index (χ2v) is 3.38. The van der Waals surface area contributed by atoms with Gasteiger partial charge in [-0.25, -0.2) is 0 Å². The summed E-state index contributed by atoms with van der Waals surface area (Å²) in [7, 11) is 0. The molecule has 0 aliphatic carbocycles. The summed E-state index contributed by atoms with van der Waals surface area (Å²) in [6.45, 7) is 0.00691. The maximum absolute atomic E-state index is 12.1. The van der Waals surface area contributed by atoms with Gasteiger partial charge in [0.2, 0.25) is 0 Å². The van der Waals surface area contributed by atoms with Crippen LogP contribution in [0.1, 0.15) is 0 Å². The highest BCUT2D eigenvalue weighted by Crippen LogP contribution is 2.17. The zero-order valence-corrected chi connectivity index (χ0v) is 8.06. The number of rotatable bonds is 2. The van der Waals surface area contributed by atoms with Crippen molar-refractivity contribution in [1.82, 2.24) is 10.2 Å². The van der Waals surface area contributed by atoms with Crippen LogP contribution < -0.4 is 11.1 Å². The molecule has 4 N–H and O–H groups in total. The number of piperazine rings is 1. The van der Waals surface area contributed by atoms with Crippen LogP contribution in [0.25, 0.3) is 0 Å². The number of hydrogen-bond donors (Lipinski definition) is 3. The van der Waals surface area contributed by atoms with Crippen molar-refractivity contribution in [3.05, 3.63) is 11.8 Å². The molecule has 1 aliphatic heterocycles. The summed E-state index contributed by atoms with van der Waals surface area (Å²) in [4.78, 5) is 1.27. The summed E-state index contributed by atoms with van der Waals surface area (Å²) in [5.41, 5.74) is 5.68. The lowest BCUT2D eigenvalue weighted by Gasteiger charge is -2.30. The zero-order valence-electron chi connectivity index (χ0n) is 8.06. The predicted octanol–water partition coefficient (Wildman–Crippen LogP) is 0.274. The van der Waals surface area contributed by atoms with Crippen LogP contribution in [-0.2, 0) is 0 Å². The number of hydrogen-bond acceptors (Lipinski definition) is 3. The lowest BCUT2D eigenvalue weighted by atomic mass is 10.2. The molecule has 0 bridgehead atoms. The molecule has 1 aliphatic rings. The minimum Gasteiger partial charge on any atom is -0.386 e. The van der Waals surface area contributed by atoms with Gasteiger partial charge in [0.05, 0.1) is 6.54 Å². The van der Waals surface area contributed by atoms with Gasteiger partial charge < -0.3 is 11.1 Å². The van der Waals surface area contributed by atoms with E-state index in [4.69, 9.17) is 11.1 Å². The Balaban J connectivity index is 2.53. The maximum Gasteiger partial charge on any atom is 0.401 e. The standard InChI is InChI=1S/C8H13F3N4/c9-8(10,11)5-15-2-1-14-6(4-15)3-7(12)13/h3,14H,1-2,4-5H2,(H3,12,13)/b6-3-.